The van der Waals surface area contributed by atoms with Gasteiger partial charge >= 0.3 is 0 Å². The number of carbonyl (C=O) groups is 1. The molecule has 1 aromatic heterocycles. The van der Waals surface area contributed by atoms with Gasteiger partial charge in [0.1, 0.15) is 5.69 Å². The number of nitrogens with one attached hydrogen (secondary N) is 1. The highest BCUT2D eigenvalue weighted by molar-refractivity contribution is 5.92. The van der Waals surface area contributed by atoms with Crippen LogP contribution >= 0.6 is 0 Å². The Bertz CT molecular complexity index is 382. The predicted molar refractivity (Wildman–Crippen MR) is 64.8 cm³/mol. The van der Waals surface area contributed by atoms with Crippen molar-refractivity contribution in [2.45, 2.75) is 25.8 Å². The maximum absolute atomic E-state index is 11.9. The number of rotatable bonds is 2. The van der Waals surface area contributed by atoms with Gasteiger partial charge in [0, 0.05) is 12.2 Å². The third-order valence-corrected chi connectivity index (χ3v) is 3.07. The molecule has 1 amide bonds. The molecule has 2 heterocycles. The summed E-state index contributed by atoms with van der Waals surface area (Å²) < 4.78 is 0. The number of hydrogen-bond acceptors (Lipinski definition) is 4. The van der Waals surface area contributed by atoms with Gasteiger partial charge in [-0.05, 0) is 39.9 Å². The number of carbonyl (C=O) groups excluding carboxylic acids is 1. The molecule has 5 heteroatoms. The quantitative estimate of drug-likeness (QED) is 0.814. The van der Waals surface area contributed by atoms with Crippen molar-refractivity contribution in [3.05, 3.63) is 23.8 Å². The van der Waals surface area contributed by atoms with Crippen molar-refractivity contribution in [3.8, 4) is 0 Å². The van der Waals surface area contributed by atoms with E-state index < -0.39 is 0 Å². The van der Waals surface area contributed by atoms with Crippen molar-refractivity contribution in [1.29, 1.82) is 0 Å². The number of aryl methyl sites for hydroxylation is 1. The first-order valence-corrected chi connectivity index (χ1v) is 5.93. The predicted octanol–water partition coefficient (Wildman–Crippen LogP) is 0.609. The summed E-state index contributed by atoms with van der Waals surface area (Å²) >= 11 is 0. The normalized spacial score (nSPS) is 18.0. The zero-order valence-electron chi connectivity index (χ0n) is 10.3. The molecule has 0 aromatic carbocycles. The van der Waals surface area contributed by atoms with Crippen LogP contribution in [-0.4, -0.2) is 47.0 Å². The number of nitrogens with zero attached hydrogens (tertiary/aromatic N) is 3. The van der Waals surface area contributed by atoms with Crippen LogP contribution in [0, 0.1) is 6.92 Å². The van der Waals surface area contributed by atoms with E-state index in [4.69, 9.17) is 0 Å². The summed E-state index contributed by atoms with van der Waals surface area (Å²) in [4.78, 5) is 22.3. The van der Waals surface area contributed by atoms with Gasteiger partial charge in [0.05, 0.1) is 11.9 Å². The standard InChI is InChI=1S/C12H18N4O/c1-9-7-14-11(8-13-9)12(17)15-10-3-5-16(2)6-4-10/h7-8,10H,3-6H2,1-2H3,(H,15,17). The molecule has 0 atom stereocenters. The summed E-state index contributed by atoms with van der Waals surface area (Å²) in [6, 6.07) is 0.266. The van der Waals surface area contributed by atoms with Gasteiger partial charge in [-0.25, -0.2) is 4.98 Å². The molecule has 2 rings (SSSR count). The first-order chi connectivity index (χ1) is 8.15. The minimum Gasteiger partial charge on any atom is -0.348 e. The Kier molecular flexibility index (Phi) is 3.68. The SMILES string of the molecule is Cc1cnc(C(=O)NC2CCN(C)CC2)cn1. The molecule has 0 saturated carbocycles. The summed E-state index contributed by atoms with van der Waals surface area (Å²) in [5.41, 5.74) is 1.22. The lowest BCUT2D eigenvalue weighted by atomic mass is 10.1. The van der Waals surface area contributed by atoms with Gasteiger partial charge in [-0.15, -0.1) is 0 Å². The van der Waals surface area contributed by atoms with Crippen molar-refractivity contribution in [2.75, 3.05) is 20.1 Å². The van der Waals surface area contributed by atoms with E-state index in [-0.39, 0.29) is 11.9 Å². The largest absolute Gasteiger partial charge is 0.348 e. The van der Waals surface area contributed by atoms with Crippen molar-refractivity contribution < 1.29 is 4.79 Å². The van der Waals surface area contributed by atoms with Gasteiger partial charge in [0.15, 0.2) is 0 Å². The summed E-state index contributed by atoms with van der Waals surface area (Å²) in [5.74, 6) is -0.118. The molecular formula is C12H18N4O. The molecule has 5 nitrogen and oxygen atoms in total. The molecular weight excluding hydrogens is 216 g/mol. The van der Waals surface area contributed by atoms with Crippen molar-refractivity contribution >= 4 is 5.91 Å². The Morgan fingerprint density at radius 1 is 1.35 bits per heavy atom. The van der Waals surface area contributed by atoms with Gasteiger partial charge in [0.2, 0.25) is 0 Å². The van der Waals surface area contributed by atoms with Gasteiger partial charge in [0.25, 0.3) is 5.91 Å². The van der Waals surface area contributed by atoms with Crippen molar-refractivity contribution in [1.82, 2.24) is 20.2 Å². The second-order valence-electron chi connectivity index (χ2n) is 4.59. The zero-order chi connectivity index (χ0) is 12.3. The highest BCUT2D eigenvalue weighted by atomic mass is 16.1. The second kappa shape index (κ2) is 5.23. The second-order valence-corrected chi connectivity index (χ2v) is 4.59. The van der Waals surface area contributed by atoms with Crippen LogP contribution in [0.15, 0.2) is 12.4 Å². The molecule has 1 aromatic rings. The van der Waals surface area contributed by atoms with Crippen LogP contribution in [0.4, 0.5) is 0 Å². The summed E-state index contributed by atoms with van der Waals surface area (Å²) in [6.07, 6.45) is 5.15. The van der Waals surface area contributed by atoms with E-state index in [9.17, 15) is 4.79 Å². The van der Waals surface area contributed by atoms with Crippen LogP contribution in [0.5, 0.6) is 0 Å². The van der Waals surface area contributed by atoms with Crippen LogP contribution in [0.25, 0.3) is 0 Å². The fourth-order valence-electron chi connectivity index (χ4n) is 1.92. The first kappa shape index (κ1) is 12.0. The number of amides is 1. The highest BCUT2D eigenvalue weighted by Crippen LogP contribution is 2.08. The molecule has 17 heavy (non-hydrogen) atoms. The maximum Gasteiger partial charge on any atom is 0.271 e. The van der Waals surface area contributed by atoms with Gasteiger partial charge in [-0.3, -0.25) is 9.78 Å². The molecule has 0 bridgehead atoms. The number of hydrogen-bond donors (Lipinski definition) is 1. The van der Waals surface area contributed by atoms with E-state index in [1.165, 1.54) is 6.20 Å². The van der Waals surface area contributed by atoms with Crippen LogP contribution in [-0.2, 0) is 0 Å². The fourth-order valence-corrected chi connectivity index (χ4v) is 1.92. The number of aromatic nitrogens is 2. The number of piperidine rings is 1. The van der Waals surface area contributed by atoms with Gasteiger partial charge in [-0.1, -0.05) is 0 Å². The minimum absolute atomic E-state index is 0.118. The van der Waals surface area contributed by atoms with Crippen molar-refractivity contribution in [2.24, 2.45) is 0 Å². The van der Waals surface area contributed by atoms with E-state index >= 15 is 0 Å². The molecule has 0 aliphatic carbocycles. The Morgan fingerprint density at radius 3 is 2.65 bits per heavy atom. The maximum atomic E-state index is 11.9. The average molecular weight is 234 g/mol. The molecule has 1 fully saturated rings. The van der Waals surface area contributed by atoms with Crippen LogP contribution in [0.2, 0.25) is 0 Å². The van der Waals surface area contributed by atoms with E-state index in [1.54, 1.807) is 6.20 Å². The summed E-state index contributed by atoms with van der Waals surface area (Å²) in [5, 5.41) is 3.01. The van der Waals surface area contributed by atoms with E-state index in [2.05, 4.69) is 27.2 Å². The van der Waals surface area contributed by atoms with Crippen LogP contribution < -0.4 is 5.32 Å². The lowest BCUT2D eigenvalue weighted by molar-refractivity contribution is 0.0911. The molecule has 1 aliphatic rings. The Hall–Kier alpha value is -1.49. The molecule has 1 N–H and O–H groups in total. The first-order valence-electron chi connectivity index (χ1n) is 5.93. The Balaban J connectivity index is 1.91. The third-order valence-electron chi connectivity index (χ3n) is 3.07. The Labute approximate surface area is 101 Å². The molecule has 0 radical (unpaired) electrons. The minimum atomic E-state index is -0.118. The fraction of sp³-hybridized carbons (Fsp3) is 0.583. The van der Waals surface area contributed by atoms with E-state index in [0.29, 0.717) is 5.69 Å². The topological polar surface area (TPSA) is 58.1 Å². The van der Waals surface area contributed by atoms with Gasteiger partial charge in [-0.2, -0.15) is 0 Å². The van der Waals surface area contributed by atoms with E-state index in [1.807, 2.05) is 6.92 Å². The Morgan fingerprint density at radius 2 is 2.06 bits per heavy atom. The molecule has 0 spiro atoms. The van der Waals surface area contributed by atoms with Crippen LogP contribution in [0.1, 0.15) is 29.0 Å². The number of likely N-dealkylation sites (tertiary alicyclic amines) is 1. The third kappa shape index (κ3) is 3.23. The monoisotopic (exact) mass is 234 g/mol. The lowest BCUT2D eigenvalue weighted by Crippen LogP contribution is -2.43. The lowest BCUT2D eigenvalue weighted by Gasteiger charge is -2.29. The smallest absolute Gasteiger partial charge is 0.271 e. The summed E-state index contributed by atoms with van der Waals surface area (Å²) in [7, 11) is 2.10. The average Bonchev–Trinajstić information content (AvgIpc) is 2.33. The molecule has 1 saturated heterocycles. The summed E-state index contributed by atoms with van der Waals surface area (Å²) in [6.45, 7) is 3.92. The van der Waals surface area contributed by atoms with Crippen molar-refractivity contribution in [3.63, 3.8) is 0 Å². The van der Waals surface area contributed by atoms with Gasteiger partial charge < -0.3 is 10.2 Å². The van der Waals surface area contributed by atoms with E-state index in [0.717, 1.165) is 31.6 Å². The van der Waals surface area contributed by atoms with Crippen LogP contribution in [0.3, 0.4) is 0 Å². The highest BCUT2D eigenvalue weighted by Gasteiger charge is 2.19. The zero-order valence-corrected chi connectivity index (χ0v) is 10.3. The molecule has 1 aliphatic heterocycles. The molecule has 0 unspecified atom stereocenters. The molecule has 92 valence electrons.